The molecule has 0 spiro atoms. The van der Waals surface area contributed by atoms with Gasteiger partial charge < -0.3 is 15.8 Å². The lowest BCUT2D eigenvalue weighted by Gasteiger charge is -2.15. The molecule has 3 N–H and O–H groups in total. The van der Waals surface area contributed by atoms with Gasteiger partial charge in [-0.25, -0.2) is 4.79 Å². The average Bonchev–Trinajstić information content (AvgIpc) is 2.35. The van der Waals surface area contributed by atoms with Crippen molar-refractivity contribution in [3.8, 4) is 0 Å². The van der Waals surface area contributed by atoms with Crippen LogP contribution in [0.3, 0.4) is 0 Å². The third-order valence-corrected chi connectivity index (χ3v) is 2.81. The van der Waals surface area contributed by atoms with Gasteiger partial charge in [0.05, 0.1) is 13.0 Å². The summed E-state index contributed by atoms with van der Waals surface area (Å²) >= 11 is 0. The molecule has 2 amide bonds. The first kappa shape index (κ1) is 18.4. The van der Waals surface area contributed by atoms with Gasteiger partial charge in [0, 0.05) is 6.92 Å². The third kappa shape index (κ3) is 10.3. The van der Waals surface area contributed by atoms with Gasteiger partial charge in [0.1, 0.15) is 6.04 Å². The van der Waals surface area contributed by atoms with Crippen molar-refractivity contribution < 1.29 is 19.1 Å². The van der Waals surface area contributed by atoms with Crippen LogP contribution in [-0.2, 0) is 19.1 Å². The van der Waals surface area contributed by atoms with E-state index in [1.807, 2.05) is 0 Å². The minimum absolute atomic E-state index is 0.241. The average molecular weight is 286 g/mol. The number of carbonyl (C=O) groups is 3. The van der Waals surface area contributed by atoms with E-state index in [0.717, 1.165) is 19.3 Å². The molecule has 0 unspecified atom stereocenters. The Morgan fingerprint density at radius 3 is 2.25 bits per heavy atom. The summed E-state index contributed by atoms with van der Waals surface area (Å²) in [5, 5.41) is 2.37. The van der Waals surface area contributed by atoms with Crippen LogP contribution in [0.4, 0.5) is 0 Å². The number of amides is 2. The Labute approximate surface area is 120 Å². The van der Waals surface area contributed by atoms with E-state index >= 15 is 0 Å². The smallest absolute Gasteiger partial charge is 0.329 e. The highest BCUT2D eigenvalue weighted by Crippen LogP contribution is 2.05. The van der Waals surface area contributed by atoms with E-state index < -0.39 is 23.8 Å². The van der Waals surface area contributed by atoms with E-state index in [1.54, 1.807) is 0 Å². The molecule has 6 nitrogen and oxygen atoms in total. The molecule has 6 heteroatoms. The second-order valence-electron chi connectivity index (χ2n) is 4.86. The van der Waals surface area contributed by atoms with Crippen molar-refractivity contribution in [1.82, 2.24) is 5.32 Å². The van der Waals surface area contributed by atoms with E-state index in [2.05, 4.69) is 12.2 Å². The first-order chi connectivity index (χ1) is 9.47. The van der Waals surface area contributed by atoms with Gasteiger partial charge in [-0.1, -0.05) is 39.0 Å². The standard InChI is InChI=1S/C14H26N2O4/c1-3-4-5-6-7-8-9-20-14(19)12(10-13(15)18)16-11(2)17/h12H,3-10H2,1-2H3,(H2,15,18)(H,16,17)/t12-/m0/s1. The summed E-state index contributed by atoms with van der Waals surface area (Å²) in [7, 11) is 0. The number of hydrogen-bond donors (Lipinski definition) is 2. The Morgan fingerprint density at radius 1 is 1.10 bits per heavy atom. The van der Waals surface area contributed by atoms with Crippen LogP contribution in [0.25, 0.3) is 0 Å². The fourth-order valence-electron chi connectivity index (χ4n) is 1.80. The Morgan fingerprint density at radius 2 is 1.70 bits per heavy atom. The van der Waals surface area contributed by atoms with Crippen molar-refractivity contribution in [2.75, 3.05) is 6.61 Å². The molecule has 0 radical (unpaired) electrons. The Hall–Kier alpha value is -1.59. The predicted octanol–water partition coefficient (Wildman–Crippen LogP) is 1.27. The summed E-state index contributed by atoms with van der Waals surface area (Å²) in [6.45, 7) is 3.73. The highest BCUT2D eigenvalue weighted by atomic mass is 16.5. The molecule has 0 bridgehead atoms. The van der Waals surface area contributed by atoms with E-state index in [0.29, 0.717) is 6.61 Å². The zero-order valence-electron chi connectivity index (χ0n) is 12.4. The Bertz CT molecular complexity index is 302. The summed E-state index contributed by atoms with van der Waals surface area (Å²) in [4.78, 5) is 33.5. The molecular weight excluding hydrogens is 260 g/mol. The molecule has 0 aliphatic carbocycles. The van der Waals surface area contributed by atoms with Crippen LogP contribution in [-0.4, -0.2) is 30.4 Å². The molecule has 0 aromatic carbocycles. The number of primary amides is 1. The van der Waals surface area contributed by atoms with E-state index in [4.69, 9.17) is 10.5 Å². The van der Waals surface area contributed by atoms with Crippen LogP contribution in [0.2, 0.25) is 0 Å². The van der Waals surface area contributed by atoms with Crippen LogP contribution in [0.1, 0.15) is 58.8 Å². The van der Waals surface area contributed by atoms with Gasteiger partial charge in [-0.3, -0.25) is 9.59 Å². The van der Waals surface area contributed by atoms with E-state index in [1.165, 1.54) is 26.2 Å². The number of nitrogens with two attached hydrogens (primary N) is 1. The maximum absolute atomic E-state index is 11.7. The van der Waals surface area contributed by atoms with Crippen molar-refractivity contribution in [3.63, 3.8) is 0 Å². The number of esters is 1. The summed E-state index contributed by atoms with van der Waals surface area (Å²) in [6.07, 6.45) is 6.30. The molecule has 1 atom stereocenters. The second-order valence-corrected chi connectivity index (χ2v) is 4.86. The molecular formula is C14H26N2O4. The molecule has 0 aromatic rings. The van der Waals surface area contributed by atoms with Gasteiger partial charge in [-0.15, -0.1) is 0 Å². The molecule has 0 heterocycles. The van der Waals surface area contributed by atoms with Gasteiger partial charge in [0.25, 0.3) is 0 Å². The zero-order valence-corrected chi connectivity index (χ0v) is 12.4. The summed E-state index contributed by atoms with van der Waals surface area (Å²) in [5.41, 5.74) is 5.03. The number of ether oxygens (including phenoxy) is 1. The molecule has 0 fully saturated rings. The van der Waals surface area contributed by atoms with E-state index in [-0.39, 0.29) is 6.42 Å². The van der Waals surface area contributed by atoms with Gasteiger partial charge in [0.15, 0.2) is 0 Å². The van der Waals surface area contributed by atoms with Crippen LogP contribution in [0.5, 0.6) is 0 Å². The fourth-order valence-corrected chi connectivity index (χ4v) is 1.80. The zero-order chi connectivity index (χ0) is 15.4. The molecule has 0 aliphatic heterocycles. The van der Waals surface area contributed by atoms with Crippen LogP contribution >= 0.6 is 0 Å². The highest BCUT2D eigenvalue weighted by molar-refractivity contribution is 5.88. The predicted molar refractivity (Wildman–Crippen MR) is 75.8 cm³/mol. The van der Waals surface area contributed by atoms with Crippen molar-refractivity contribution in [3.05, 3.63) is 0 Å². The molecule has 0 rings (SSSR count). The van der Waals surface area contributed by atoms with Gasteiger partial charge in [0.2, 0.25) is 11.8 Å². The quantitative estimate of drug-likeness (QED) is 0.441. The lowest BCUT2D eigenvalue weighted by atomic mass is 10.1. The molecule has 0 aromatic heterocycles. The van der Waals surface area contributed by atoms with Crippen LogP contribution in [0, 0.1) is 0 Å². The topological polar surface area (TPSA) is 98.5 Å². The van der Waals surface area contributed by atoms with Gasteiger partial charge >= 0.3 is 5.97 Å². The van der Waals surface area contributed by atoms with Crippen LogP contribution < -0.4 is 11.1 Å². The summed E-state index contributed by atoms with van der Waals surface area (Å²) in [6, 6.07) is -0.981. The first-order valence-corrected chi connectivity index (χ1v) is 7.19. The van der Waals surface area contributed by atoms with Crippen molar-refractivity contribution in [1.29, 1.82) is 0 Å². The molecule has 0 saturated carbocycles. The van der Waals surface area contributed by atoms with Crippen molar-refractivity contribution in [2.24, 2.45) is 5.73 Å². The second kappa shape index (κ2) is 11.3. The molecule has 0 aliphatic rings. The molecule has 0 saturated heterocycles. The van der Waals surface area contributed by atoms with Crippen LogP contribution in [0.15, 0.2) is 0 Å². The third-order valence-electron chi connectivity index (χ3n) is 2.81. The Balaban J connectivity index is 3.89. The minimum atomic E-state index is -0.981. The Kier molecular flexibility index (Phi) is 10.4. The normalized spacial score (nSPS) is 11.7. The number of nitrogens with one attached hydrogen (secondary N) is 1. The lowest BCUT2D eigenvalue weighted by molar-refractivity contribution is -0.149. The molecule has 116 valence electrons. The monoisotopic (exact) mass is 286 g/mol. The minimum Gasteiger partial charge on any atom is -0.464 e. The lowest BCUT2D eigenvalue weighted by Crippen LogP contribution is -2.43. The maximum Gasteiger partial charge on any atom is 0.329 e. The van der Waals surface area contributed by atoms with Gasteiger partial charge in [-0.2, -0.15) is 0 Å². The highest BCUT2D eigenvalue weighted by Gasteiger charge is 2.22. The number of rotatable bonds is 11. The number of carbonyl (C=O) groups excluding carboxylic acids is 3. The largest absolute Gasteiger partial charge is 0.464 e. The maximum atomic E-state index is 11.7. The fraction of sp³-hybridized carbons (Fsp3) is 0.786. The van der Waals surface area contributed by atoms with Crippen molar-refractivity contribution in [2.45, 2.75) is 64.8 Å². The molecule has 20 heavy (non-hydrogen) atoms. The summed E-state index contributed by atoms with van der Waals surface area (Å²) < 4.78 is 5.05. The number of unbranched alkanes of at least 4 members (excludes halogenated alkanes) is 5. The number of hydrogen-bond acceptors (Lipinski definition) is 4. The first-order valence-electron chi connectivity index (χ1n) is 7.19. The van der Waals surface area contributed by atoms with Crippen molar-refractivity contribution >= 4 is 17.8 Å². The summed E-state index contributed by atoms with van der Waals surface area (Å²) in [5.74, 6) is -1.65. The van der Waals surface area contributed by atoms with Gasteiger partial charge in [-0.05, 0) is 6.42 Å². The SMILES string of the molecule is CCCCCCCCOC(=O)[C@H](CC(N)=O)NC(C)=O. The van der Waals surface area contributed by atoms with E-state index in [9.17, 15) is 14.4 Å².